The van der Waals surface area contributed by atoms with E-state index in [1.807, 2.05) is 61.5 Å². The number of hydrogen-bond donors (Lipinski definition) is 1. The van der Waals surface area contributed by atoms with Crippen LogP contribution in [0.25, 0.3) is 0 Å². The quantitative estimate of drug-likeness (QED) is 0.167. The molecule has 0 radical (unpaired) electrons. The Bertz CT molecular complexity index is 1670. The molecule has 0 aliphatic rings. The number of carbonyl (C=O) groups excluding carboxylic acids is 2. The van der Waals surface area contributed by atoms with Crippen LogP contribution in [0, 0.1) is 6.92 Å². The van der Waals surface area contributed by atoms with Crippen LogP contribution in [0.5, 0.6) is 0 Å². The van der Waals surface area contributed by atoms with Crippen molar-refractivity contribution in [3.63, 3.8) is 0 Å². The number of hydrogen-bond acceptors (Lipinski definition) is 4. The first-order valence-electron chi connectivity index (χ1n) is 14.3. The van der Waals surface area contributed by atoms with E-state index in [-0.39, 0.29) is 29.5 Å². The van der Waals surface area contributed by atoms with Gasteiger partial charge in [0.1, 0.15) is 12.6 Å². The second-order valence-corrected chi connectivity index (χ2v) is 13.5. The zero-order valence-electron chi connectivity index (χ0n) is 24.6. The third-order valence-electron chi connectivity index (χ3n) is 7.20. The summed E-state index contributed by atoms with van der Waals surface area (Å²) in [6.07, 6.45) is 0.974. The molecule has 0 heterocycles. The lowest BCUT2D eigenvalue weighted by Crippen LogP contribution is -2.53. The van der Waals surface area contributed by atoms with Crippen LogP contribution in [-0.2, 0) is 32.6 Å². The Morgan fingerprint density at radius 3 is 2.14 bits per heavy atom. The van der Waals surface area contributed by atoms with Gasteiger partial charge in [0.15, 0.2) is 0 Å². The minimum Gasteiger partial charge on any atom is -0.354 e. The fourth-order valence-corrected chi connectivity index (χ4v) is 6.73. The van der Waals surface area contributed by atoms with Crippen molar-refractivity contribution in [2.24, 2.45) is 0 Å². The average Bonchev–Trinajstić information content (AvgIpc) is 3.03. The maximum atomic E-state index is 14.5. The van der Waals surface area contributed by atoms with E-state index in [4.69, 9.17) is 11.6 Å². The van der Waals surface area contributed by atoms with Gasteiger partial charge < -0.3 is 10.2 Å². The lowest BCUT2D eigenvalue weighted by molar-refractivity contribution is -0.140. The van der Waals surface area contributed by atoms with Crippen molar-refractivity contribution in [2.45, 2.75) is 44.2 Å². The molecule has 0 fully saturated rings. The molecular formula is C34H35BrClN3O4S. The second kappa shape index (κ2) is 15.4. The van der Waals surface area contributed by atoms with E-state index >= 15 is 0 Å². The number of anilines is 1. The first-order valence-corrected chi connectivity index (χ1v) is 16.9. The van der Waals surface area contributed by atoms with E-state index in [1.165, 1.54) is 17.0 Å². The fraction of sp³-hybridized carbons (Fsp3) is 0.235. The molecule has 0 aliphatic heterocycles. The van der Waals surface area contributed by atoms with Crippen molar-refractivity contribution >= 4 is 55.1 Å². The third kappa shape index (κ3) is 8.28. The van der Waals surface area contributed by atoms with Crippen molar-refractivity contribution in [2.75, 3.05) is 17.4 Å². The Kier molecular flexibility index (Phi) is 11.6. The number of benzene rings is 4. The summed E-state index contributed by atoms with van der Waals surface area (Å²) in [5.41, 5.74) is 2.47. The Balaban J connectivity index is 1.81. The van der Waals surface area contributed by atoms with Gasteiger partial charge in [0, 0.05) is 29.0 Å². The lowest BCUT2D eigenvalue weighted by atomic mass is 10.0. The Labute approximate surface area is 273 Å². The van der Waals surface area contributed by atoms with Gasteiger partial charge in [-0.2, -0.15) is 0 Å². The Morgan fingerprint density at radius 1 is 0.864 bits per heavy atom. The highest BCUT2D eigenvalue weighted by Gasteiger charge is 2.35. The predicted molar refractivity (Wildman–Crippen MR) is 179 cm³/mol. The van der Waals surface area contributed by atoms with E-state index in [2.05, 4.69) is 21.2 Å². The number of amides is 2. The predicted octanol–water partition coefficient (Wildman–Crippen LogP) is 6.77. The summed E-state index contributed by atoms with van der Waals surface area (Å²) in [6.45, 7) is 3.67. The van der Waals surface area contributed by atoms with E-state index in [0.29, 0.717) is 17.1 Å². The van der Waals surface area contributed by atoms with Crippen molar-refractivity contribution in [1.29, 1.82) is 0 Å². The van der Waals surface area contributed by atoms with Crippen LogP contribution in [0.3, 0.4) is 0 Å². The molecule has 0 bridgehead atoms. The Hall–Kier alpha value is -3.66. The maximum absolute atomic E-state index is 14.5. The van der Waals surface area contributed by atoms with Gasteiger partial charge >= 0.3 is 0 Å². The van der Waals surface area contributed by atoms with E-state index < -0.39 is 28.5 Å². The van der Waals surface area contributed by atoms with Crippen LogP contribution in [0.1, 0.15) is 30.0 Å². The van der Waals surface area contributed by atoms with Crippen molar-refractivity contribution in [1.82, 2.24) is 10.2 Å². The number of nitrogens with one attached hydrogen (secondary N) is 1. The summed E-state index contributed by atoms with van der Waals surface area (Å²) in [5, 5.41) is 3.32. The first-order chi connectivity index (χ1) is 21.1. The molecule has 4 aromatic carbocycles. The summed E-state index contributed by atoms with van der Waals surface area (Å²) >= 11 is 9.88. The standard InChI is InChI=1S/C34H35BrClN3O4S/c1-3-21-37-34(41)32(22-26-11-6-4-7-12-26)38(23-27-17-19-28(35)20-18-27)33(40)24-39(31-16-10-15-30(36)25(31)2)44(42,43)29-13-8-5-9-14-29/h4-20,32H,3,21-24H2,1-2H3,(H,37,41). The van der Waals surface area contributed by atoms with Crippen LogP contribution in [0.2, 0.25) is 5.02 Å². The van der Waals surface area contributed by atoms with Gasteiger partial charge in [-0.1, -0.05) is 101 Å². The zero-order chi connectivity index (χ0) is 31.7. The molecule has 0 aromatic heterocycles. The highest BCUT2D eigenvalue weighted by atomic mass is 79.9. The maximum Gasteiger partial charge on any atom is 0.264 e. The van der Waals surface area contributed by atoms with E-state index in [1.54, 1.807) is 43.3 Å². The number of rotatable bonds is 13. The zero-order valence-corrected chi connectivity index (χ0v) is 27.8. The summed E-state index contributed by atoms with van der Waals surface area (Å²) in [5.74, 6) is -0.836. The highest BCUT2D eigenvalue weighted by molar-refractivity contribution is 9.10. The molecule has 4 rings (SSSR count). The van der Waals surface area contributed by atoms with Gasteiger partial charge in [-0.05, 0) is 66.4 Å². The average molecular weight is 697 g/mol. The second-order valence-electron chi connectivity index (χ2n) is 10.4. The van der Waals surface area contributed by atoms with Gasteiger partial charge in [0.2, 0.25) is 11.8 Å². The van der Waals surface area contributed by atoms with Crippen molar-refractivity contribution in [3.8, 4) is 0 Å². The van der Waals surface area contributed by atoms with Gasteiger partial charge in [-0.3, -0.25) is 13.9 Å². The Morgan fingerprint density at radius 2 is 1.50 bits per heavy atom. The van der Waals surface area contributed by atoms with E-state index in [9.17, 15) is 18.0 Å². The summed E-state index contributed by atoms with van der Waals surface area (Å²) in [7, 11) is -4.20. The molecule has 0 spiro atoms. The number of halogens is 2. The topological polar surface area (TPSA) is 86.8 Å². The third-order valence-corrected chi connectivity index (χ3v) is 9.92. The van der Waals surface area contributed by atoms with Gasteiger partial charge in [0.05, 0.1) is 10.6 Å². The normalized spacial score (nSPS) is 11.9. The summed E-state index contributed by atoms with van der Waals surface area (Å²) < 4.78 is 30.2. The molecule has 2 amide bonds. The lowest BCUT2D eigenvalue weighted by Gasteiger charge is -2.34. The molecular weight excluding hydrogens is 662 g/mol. The SMILES string of the molecule is CCCNC(=O)C(Cc1ccccc1)N(Cc1ccc(Br)cc1)C(=O)CN(c1cccc(Cl)c1C)S(=O)(=O)c1ccccc1. The fourth-order valence-electron chi connectivity index (χ4n) is 4.81. The minimum atomic E-state index is -4.20. The van der Waals surface area contributed by atoms with Crippen LogP contribution in [0.15, 0.2) is 112 Å². The highest BCUT2D eigenvalue weighted by Crippen LogP contribution is 2.31. The molecule has 1 N–H and O–H groups in total. The molecule has 0 aliphatic carbocycles. The molecule has 0 saturated carbocycles. The molecule has 230 valence electrons. The number of sulfonamides is 1. The monoisotopic (exact) mass is 695 g/mol. The van der Waals surface area contributed by atoms with Gasteiger partial charge in [-0.25, -0.2) is 8.42 Å². The molecule has 0 saturated heterocycles. The van der Waals surface area contributed by atoms with Crippen molar-refractivity contribution < 1.29 is 18.0 Å². The van der Waals surface area contributed by atoms with E-state index in [0.717, 1.165) is 26.3 Å². The first kappa shape index (κ1) is 33.2. The minimum absolute atomic E-state index is 0.0353. The van der Waals surface area contributed by atoms with Crippen LogP contribution < -0.4 is 9.62 Å². The van der Waals surface area contributed by atoms with Crippen molar-refractivity contribution in [3.05, 3.63) is 129 Å². The summed E-state index contributed by atoms with van der Waals surface area (Å²) in [6, 6.07) is 28.9. The molecule has 7 nitrogen and oxygen atoms in total. The number of nitrogens with zero attached hydrogens (tertiary/aromatic N) is 2. The molecule has 10 heteroatoms. The van der Waals surface area contributed by atoms with Crippen LogP contribution >= 0.6 is 27.5 Å². The van der Waals surface area contributed by atoms with Gasteiger partial charge in [-0.15, -0.1) is 0 Å². The molecule has 1 unspecified atom stereocenters. The number of carbonyl (C=O) groups is 2. The summed E-state index contributed by atoms with van der Waals surface area (Å²) in [4.78, 5) is 29.7. The largest absolute Gasteiger partial charge is 0.354 e. The smallest absolute Gasteiger partial charge is 0.264 e. The molecule has 44 heavy (non-hydrogen) atoms. The van der Waals surface area contributed by atoms with Crippen LogP contribution in [0.4, 0.5) is 5.69 Å². The molecule has 1 atom stereocenters. The van der Waals surface area contributed by atoms with Gasteiger partial charge in [0.25, 0.3) is 10.0 Å². The van der Waals surface area contributed by atoms with Crippen LogP contribution in [-0.4, -0.2) is 44.3 Å². The molecule has 4 aromatic rings.